The van der Waals surface area contributed by atoms with E-state index in [1.54, 1.807) is 36.3 Å². The Morgan fingerprint density at radius 2 is 1.81 bits per heavy atom. The average molecular weight is 368 g/mol. The van der Waals surface area contributed by atoms with Gasteiger partial charge in [-0.3, -0.25) is 9.59 Å². The predicted molar refractivity (Wildman–Crippen MR) is 102 cm³/mol. The lowest BCUT2D eigenvalue weighted by Crippen LogP contribution is -2.49. The fourth-order valence-corrected chi connectivity index (χ4v) is 3.12. The van der Waals surface area contributed by atoms with Crippen molar-refractivity contribution in [2.75, 3.05) is 26.7 Å². The van der Waals surface area contributed by atoms with E-state index in [9.17, 15) is 9.59 Å². The summed E-state index contributed by atoms with van der Waals surface area (Å²) in [6, 6.07) is 16.6. The number of benzene rings is 2. The summed E-state index contributed by atoms with van der Waals surface area (Å²) in [6.07, 6.45) is -0.221. The van der Waals surface area contributed by atoms with Crippen LogP contribution in [0.25, 0.3) is 0 Å². The molecule has 6 heteroatoms. The Morgan fingerprint density at radius 1 is 1.11 bits per heavy atom. The molecule has 0 spiro atoms. The van der Waals surface area contributed by atoms with Gasteiger partial charge >= 0.3 is 0 Å². The standard InChI is InChI=1S/C21H24N2O4/c1-15-13-23(14-19(27-15)16-6-4-3-5-7-16)20(24)12-22-21(25)17-8-10-18(26-2)11-9-17/h3-11,15,19H,12-14H2,1-2H3,(H,22,25). The van der Waals surface area contributed by atoms with Crippen LogP contribution in [0, 0.1) is 0 Å². The third-order valence-electron chi connectivity index (χ3n) is 4.54. The van der Waals surface area contributed by atoms with Crippen molar-refractivity contribution < 1.29 is 19.1 Å². The van der Waals surface area contributed by atoms with Crippen molar-refractivity contribution in [2.45, 2.75) is 19.1 Å². The SMILES string of the molecule is COc1ccc(C(=O)NCC(=O)N2CC(C)OC(c3ccccc3)C2)cc1. The van der Waals surface area contributed by atoms with Crippen molar-refractivity contribution in [2.24, 2.45) is 0 Å². The highest BCUT2D eigenvalue weighted by Crippen LogP contribution is 2.25. The van der Waals surface area contributed by atoms with Crippen LogP contribution in [0.2, 0.25) is 0 Å². The summed E-state index contributed by atoms with van der Waals surface area (Å²) in [4.78, 5) is 26.6. The first-order valence-corrected chi connectivity index (χ1v) is 8.97. The van der Waals surface area contributed by atoms with Crippen molar-refractivity contribution in [3.8, 4) is 5.75 Å². The fraction of sp³-hybridized carbons (Fsp3) is 0.333. The van der Waals surface area contributed by atoms with Gasteiger partial charge in [0.15, 0.2) is 0 Å². The highest BCUT2D eigenvalue weighted by molar-refractivity contribution is 5.96. The summed E-state index contributed by atoms with van der Waals surface area (Å²) in [5, 5.41) is 2.69. The summed E-state index contributed by atoms with van der Waals surface area (Å²) in [7, 11) is 1.57. The lowest BCUT2D eigenvalue weighted by atomic mass is 10.1. The molecular weight excluding hydrogens is 344 g/mol. The molecule has 142 valence electrons. The minimum absolute atomic E-state index is 0.0426. The number of carbonyl (C=O) groups is 2. The van der Waals surface area contributed by atoms with Crippen LogP contribution >= 0.6 is 0 Å². The Kier molecular flexibility index (Phi) is 6.08. The summed E-state index contributed by atoms with van der Waals surface area (Å²) >= 11 is 0. The Balaban J connectivity index is 1.57. The zero-order valence-corrected chi connectivity index (χ0v) is 15.6. The normalized spacial score (nSPS) is 19.4. The van der Waals surface area contributed by atoms with Crippen LogP contribution in [-0.2, 0) is 9.53 Å². The Bertz CT molecular complexity index is 777. The van der Waals surface area contributed by atoms with E-state index in [1.165, 1.54) is 0 Å². The quantitative estimate of drug-likeness (QED) is 0.880. The number of nitrogens with one attached hydrogen (secondary N) is 1. The molecule has 1 fully saturated rings. The zero-order valence-electron chi connectivity index (χ0n) is 15.6. The number of rotatable bonds is 5. The number of methoxy groups -OCH3 is 1. The van der Waals surface area contributed by atoms with E-state index in [0.29, 0.717) is 24.4 Å². The van der Waals surface area contributed by atoms with Gasteiger partial charge in [0.25, 0.3) is 5.91 Å². The number of morpholine rings is 1. The lowest BCUT2D eigenvalue weighted by molar-refractivity contribution is -0.143. The molecule has 3 rings (SSSR count). The van der Waals surface area contributed by atoms with Gasteiger partial charge in [0.05, 0.1) is 26.3 Å². The molecule has 0 bridgehead atoms. The monoisotopic (exact) mass is 368 g/mol. The van der Waals surface area contributed by atoms with E-state index < -0.39 is 0 Å². The second-order valence-corrected chi connectivity index (χ2v) is 6.56. The van der Waals surface area contributed by atoms with Gasteiger partial charge in [0.1, 0.15) is 11.9 Å². The molecule has 0 saturated carbocycles. The molecule has 6 nitrogen and oxygen atoms in total. The number of hydrogen-bond donors (Lipinski definition) is 1. The summed E-state index contributed by atoms with van der Waals surface area (Å²) in [5.74, 6) is 0.275. The van der Waals surface area contributed by atoms with Gasteiger partial charge in [0.2, 0.25) is 5.91 Å². The maximum atomic E-state index is 12.6. The van der Waals surface area contributed by atoms with Crippen LogP contribution in [0.5, 0.6) is 5.75 Å². The smallest absolute Gasteiger partial charge is 0.251 e. The third kappa shape index (κ3) is 4.86. The Morgan fingerprint density at radius 3 is 2.48 bits per heavy atom. The van der Waals surface area contributed by atoms with Gasteiger partial charge in [-0.2, -0.15) is 0 Å². The lowest BCUT2D eigenvalue weighted by Gasteiger charge is -2.37. The third-order valence-corrected chi connectivity index (χ3v) is 4.54. The molecule has 27 heavy (non-hydrogen) atoms. The molecular formula is C21H24N2O4. The predicted octanol–water partition coefficient (Wildman–Crippen LogP) is 2.41. The van der Waals surface area contributed by atoms with E-state index in [0.717, 1.165) is 5.56 Å². The van der Waals surface area contributed by atoms with Crippen LogP contribution < -0.4 is 10.1 Å². The van der Waals surface area contributed by atoms with Crippen molar-refractivity contribution >= 4 is 11.8 Å². The Labute approximate surface area is 159 Å². The summed E-state index contributed by atoms with van der Waals surface area (Å²) in [5.41, 5.74) is 1.53. The van der Waals surface area contributed by atoms with Crippen LogP contribution in [0.3, 0.4) is 0 Å². The number of ether oxygens (including phenoxy) is 2. The van der Waals surface area contributed by atoms with E-state index in [4.69, 9.17) is 9.47 Å². The highest BCUT2D eigenvalue weighted by atomic mass is 16.5. The van der Waals surface area contributed by atoms with Gasteiger partial charge in [-0.05, 0) is 36.8 Å². The molecule has 0 aliphatic carbocycles. The largest absolute Gasteiger partial charge is 0.497 e. The maximum absolute atomic E-state index is 12.6. The fourth-order valence-electron chi connectivity index (χ4n) is 3.12. The molecule has 2 aromatic rings. The van der Waals surface area contributed by atoms with E-state index >= 15 is 0 Å². The van der Waals surface area contributed by atoms with E-state index in [-0.39, 0.29) is 30.6 Å². The first-order chi connectivity index (χ1) is 13.1. The van der Waals surface area contributed by atoms with Crippen molar-refractivity contribution in [3.05, 3.63) is 65.7 Å². The molecule has 2 aromatic carbocycles. The summed E-state index contributed by atoms with van der Waals surface area (Å²) in [6.45, 7) is 2.90. The molecule has 1 aliphatic heterocycles. The Hall–Kier alpha value is -2.86. The molecule has 0 radical (unpaired) electrons. The summed E-state index contributed by atoms with van der Waals surface area (Å²) < 4.78 is 11.1. The zero-order chi connectivity index (χ0) is 19.2. The number of carbonyl (C=O) groups excluding carboxylic acids is 2. The van der Waals surface area contributed by atoms with Gasteiger partial charge in [-0.25, -0.2) is 0 Å². The van der Waals surface area contributed by atoms with Gasteiger partial charge in [0, 0.05) is 12.1 Å². The number of nitrogens with zero attached hydrogens (tertiary/aromatic N) is 1. The van der Waals surface area contributed by atoms with Gasteiger partial charge < -0.3 is 19.7 Å². The highest BCUT2D eigenvalue weighted by Gasteiger charge is 2.29. The average Bonchev–Trinajstić information content (AvgIpc) is 2.72. The topological polar surface area (TPSA) is 67.9 Å². The minimum Gasteiger partial charge on any atom is -0.497 e. The van der Waals surface area contributed by atoms with E-state index in [1.807, 2.05) is 37.3 Å². The molecule has 2 atom stereocenters. The number of amides is 2. The van der Waals surface area contributed by atoms with Crippen LogP contribution in [-0.4, -0.2) is 49.6 Å². The molecule has 2 amide bonds. The van der Waals surface area contributed by atoms with Crippen LogP contribution in [0.4, 0.5) is 0 Å². The maximum Gasteiger partial charge on any atom is 0.251 e. The number of hydrogen-bond acceptors (Lipinski definition) is 4. The molecule has 1 saturated heterocycles. The van der Waals surface area contributed by atoms with Crippen LogP contribution in [0.15, 0.2) is 54.6 Å². The van der Waals surface area contributed by atoms with Crippen molar-refractivity contribution in [1.82, 2.24) is 10.2 Å². The van der Waals surface area contributed by atoms with Crippen LogP contribution in [0.1, 0.15) is 28.9 Å². The van der Waals surface area contributed by atoms with E-state index in [2.05, 4.69) is 5.32 Å². The first kappa shape index (κ1) is 18.9. The van der Waals surface area contributed by atoms with Crippen molar-refractivity contribution in [1.29, 1.82) is 0 Å². The van der Waals surface area contributed by atoms with Crippen molar-refractivity contribution in [3.63, 3.8) is 0 Å². The second kappa shape index (κ2) is 8.68. The van der Waals surface area contributed by atoms with Gasteiger partial charge in [-0.15, -0.1) is 0 Å². The van der Waals surface area contributed by atoms with Gasteiger partial charge in [-0.1, -0.05) is 30.3 Å². The molecule has 1 aliphatic rings. The molecule has 2 unspecified atom stereocenters. The second-order valence-electron chi connectivity index (χ2n) is 6.56. The molecule has 1 heterocycles. The molecule has 1 N–H and O–H groups in total. The molecule has 0 aromatic heterocycles. The first-order valence-electron chi connectivity index (χ1n) is 8.97. The minimum atomic E-state index is -0.285.